The minimum Gasteiger partial charge on any atom is -0.478 e. The van der Waals surface area contributed by atoms with Crippen LogP contribution in [0.2, 0.25) is 0 Å². The summed E-state index contributed by atoms with van der Waals surface area (Å²) in [6.07, 6.45) is 0. The maximum absolute atomic E-state index is 10.3. The fourth-order valence-corrected chi connectivity index (χ4v) is 1.88. The van der Waals surface area contributed by atoms with Crippen LogP contribution in [0.3, 0.4) is 0 Å². The van der Waals surface area contributed by atoms with Gasteiger partial charge in [-0.05, 0) is 72.8 Å². The number of carbonyl (C=O) groups is 3. The topological polar surface area (TPSA) is 190 Å². The van der Waals surface area contributed by atoms with Crippen molar-refractivity contribution in [3.05, 3.63) is 89.5 Å². The van der Waals surface area contributed by atoms with Crippen LogP contribution >= 0.6 is 0 Å². The fraction of sp³-hybridized carbons (Fsp3) is 0. The van der Waals surface area contributed by atoms with Crippen molar-refractivity contribution in [3.8, 4) is 0 Å². The first-order valence-corrected chi connectivity index (χ1v) is 8.36. The summed E-state index contributed by atoms with van der Waals surface area (Å²) in [4.78, 5) is 30.8. The molecule has 0 amide bonds. The Morgan fingerprint density at radius 3 is 0.742 bits per heavy atom. The number of hydrogen-bond acceptors (Lipinski definition) is 6. The van der Waals surface area contributed by atoms with Gasteiger partial charge in [-0.15, -0.1) is 0 Å². The molecule has 0 atom stereocenters. The predicted octanol–water partition coefficient (Wildman–Crippen LogP) is 2.90. The molecule has 0 bridgehead atoms. The summed E-state index contributed by atoms with van der Waals surface area (Å²) in [5.41, 5.74) is 18.5. The number of aromatic carboxylic acids is 3. The van der Waals surface area contributed by atoms with E-state index in [1.807, 2.05) is 0 Å². The van der Waals surface area contributed by atoms with Crippen LogP contribution in [-0.4, -0.2) is 33.2 Å². The van der Waals surface area contributed by atoms with Crippen LogP contribution in [-0.2, 0) is 0 Å². The molecule has 0 aliphatic carbocycles. The molecule has 0 heterocycles. The van der Waals surface area contributed by atoms with E-state index in [0.717, 1.165) is 0 Å². The van der Waals surface area contributed by atoms with Crippen molar-refractivity contribution >= 4 is 35.0 Å². The molecule has 0 unspecified atom stereocenters. The fourth-order valence-electron chi connectivity index (χ4n) is 1.88. The molecule has 0 aromatic heterocycles. The molecule has 3 aromatic rings. The number of hydrogen-bond donors (Lipinski definition) is 6. The van der Waals surface area contributed by atoms with Crippen molar-refractivity contribution in [2.24, 2.45) is 0 Å². The van der Waals surface area contributed by atoms with E-state index in [9.17, 15) is 14.4 Å². The van der Waals surface area contributed by atoms with E-state index in [2.05, 4.69) is 0 Å². The zero-order valence-electron chi connectivity index (χ0n) is 16.3. The van der Waals surface area contributed by atoms with Crippen LogP contribution in [0.1, 0.15) is 31.1 Å². The van der Waals surface area contributed by atoms with Gasteiger partial charge in [-0.3, -0.25) is 0 Å². The van der Waals surface area contributed by atoms with Gasteiger partial charge in [0.1, 0.15) is 0 Å². The van der Waals surface area contributed by atoms with Gasteiger partial charge in [0.2, 0.25) is 0 Å². The maximum atomic E-state index is 10.3. The largest absolute Gasteiger partial charge is 0.478 e. The molecular weight excluding hydrogens is 531 g/mol. The summed E-state index contributed by atoms with van der Waals surface area (Å²) < 4.78 is 0. The monoisotopic (exact) mass is 552 g/mol. The number of nitrogen functional groups attached to an aromatic ring is 3. The average molecular weight is 552 g/mol. The summed E-state index contributed by atoms with van der Waals surface area (Å²) >= 11 is 0. The normalized spacial score (nSPS) is 8.90. The minimum absolute atomic E-state index is 0. The summed E-state index contributed by atoms with van der Waals surface area (Å²) in [7, 11) is 0. The van der Waals surface area contributed by atoms with Gasteiger partial charge >= 0.3 is 17.9 Å². The van der Waals surface area contributed by atoms with Gasteiger partial charge in [-0.2, -0.15) is 0 Å². The van der Waals surface area contributed by atoms with Crippen LogP contribution in [0.5, 0.6) is 0 Å². The van der Waals surface area contributed by atoms with Crippen molar-refractivity contribution in [2.45, 2.75) is 0 Å². The van der Waals surface area contributed by atoms with Crippen molar-refractivity contribution in [1.82, 2.24) is 0 Å². The smallest absolute Gasteiger partial charge is 0.335 e. The van der Waals surface area contributed by atoms with E-state index in [4.69, 9.17) is 32.5 Å². The summed E-state index contributed by atoms with van der Waals surface area (Å²) in [5.74, 6) is -2.79. The number of nitrogens with two attached hydrogens (primary N) is 3. The third-order valence-corrected chi connectivity index (χ3v) is 3.47. The SMILES string of the molecule is Nc1ccc(C(=O)O)cc1.Nc1ccc(C(=O)O)cc1.Nc1ccc(C(=O)O)cc1.[Pr]. The molecule has 3 aromatic carbocycles. The Labute approximate surface area is 211 Å². The Hall–Kier alpha value is -3.17. The zero-order chi connectivity index (χ0) is 22.7. The first-order chi connectivity index (χ1) is 14.1. The Kier molecular flexibility index (Phi) is 12.5. The number of anilines is 3. The Morgan fingerprint density at radius 2 is 0.613 bits per heavy atom. The molecule has 31 heavy (non-hydrogen) atoms. The van der Waals surface area contributed by atoms with Crippen molar-refractivity contribution in [1.29, 1.82) is 0 Å². The van der Waals surface area contributed by atoms with Gasteiger partial charge in [-0.1, -0.05) is 0 Å². The number of carboxylic acids is 3. The van der Waals surface area contributed by atoms with Gasteiger partial charge in [0.25, 0.3) is 0 Å². The Balaban J connectivity index is 0.000000429. The molecule has 0 fully saturated rings. The average Bonchev–Trinajstić information content (AvgIpc) is 2.70. The quantitative estimate of drug-likeness (QED) is 0.265. The van der Waals surface area contributed by atoms with E-state index in [1.54, 1.807) is 36.4 Å². The van der Waals surface area contributed by atoms with Crippen LogP contribution in [0, 0.1) is 41.3 Å². The van der Waals surface area contributed by atoms with E-state index in [0.29, 0.717) is 17.1 Å². The van der Waals surface area contributed by atoms with Crippen molar-refractivity contribution < 1.29 is 71.0 Å². The van der Waals surface area contributed by atoms with Gasteiger partial charge in [0.05, 0.1) is 16.7 Å². The number of rotatable bonds is 3. The third kappa shape index (κ3) is 11.0. The van der Waals surface area contributed by atoms with Gasteiger partial charge in [0.15, 0.2) is 0 Å². The van der Waals surface area contributed by atoms with Crippen LogP contribution < -0.4 is 17.2 Å². The van der Waals surface area contributed by atoms with Crippen molar-refractivity contribution in [2.75, 3.05) is 17.2 Å². The maximum Gasteiger partial charge on any atom is 0.335 e. The predicted molar refractivity (Wildman–Crippen MR) is 113 cm³/mol. The molecule has 159 valence electrons. The summed E-state index contributed by atoms with van der Waals surface area (Å²) in [6, 6.07) is 18.2. The van der Waals surface area contributed by atoms with Gasteiger partial charge in [-0.25, -0.2) is 14.4 Å². The Morgan fingerprint density at radius 1 is 0.452 bits per heavy atom. The van der Waals surface area contributed by atoms with Gasteiger partial charge in [0, 0.05) is 58.4 Å². The summed E-state index contributed by atoms with van der Waals surface area (Å²) in [6.45, 7) is 0. The molecule has 0 saturated heterocycles. The standard InChI is InChI=1S/3C7H7NO2.Pr/c3*8-6-3-1-5(2-4-6)7(9)10;/h3*1-4H,8H2,(H,9,10);. The second kappa shape index (κ2) is 13.9. The molecule has 0 saturated carbocycles. The van der Waals surface area contributed by atoms with E-state index >= 15 is 0 Å². The Bertz CT molecular complexity index is 859. The van der Waals surface area contributed by atoms with Crippen molar-refractivity contribution in [3.63, 3.8) is 0 Å². The molecule has 3 rings (SSSR count). The molecule has 0 aliphatic heterocycles. The first kappa shape index (κ1) is 27.8. The second-order valence-electron chi connectivity index (χ2n) is 5.78. The molecule has 0 aliphatic rings. The van der Waals surface area contributed by atoms with E-state index in [-0.39, 0.29) is 58.0 Å². The molecule has 1 radical (unpaired) electrons. The first-order valence-electron chi connectivity index (χ1n) is 8.36. The third-order valence-electron chi connectivity index (χ3n) is 3.47. The van der Waals surface area contributed by atoms with E-state index < -0.39 is 17.9 Å². The minimum atomic E-state index is -0.931. The molecule has 9 nitrogen and oxygen atoms in total. The number of carboxylic acid groups (broad SMARTS) is 3. The van der Waals surface area contributed by atoms with Crippen LogP contribution in [0.15, 0.2) is 72.8 Å². The molecule has 0 spiro atoms. The zero-order valence-corrected chi connectivity index (χ0v) is 20.0. The number of benzene rings is 3. The molecular formula is C21H21N3O6Pr. The van der Waals surface area contributed by atoms with Gasteiger partial charge < -0.3 is 32.5 Å². The molecule has 9 N–H and O–H groups in total. The summed E-state index contributed by atoms with van der Waals surface area (Å²) in [5, 5.41) is 25.3. The van der Waals surface area contributed by atoms with Crippen LogP contribution in [0.25, 0.3) is 0 Å². The van der Waals surface area contributed by atoms with E-state index in [1.165, 1.54) is 36.4 Å². The van der Waals surface area contributed by atoms with Crippen LogP contribution in [0.4, 0.5) is 17.1 Å². The second-order valence-corrected chi connectivity index (χ2v) is 5.78. The molecule has 10 heteroatoms.